The number of aromatic nitrogens is 2. The normalized spacial score (nSPS) is 12.5. The maximum absolute atomic E-state index is 5.20. The van der Waals surface area contributed by atoms with Gasteiger partial charge in [0.2, 0.25) is 5.88 Å². The molecule has 0 saturated carbocycles. The first-order chi connectivity index (χ1) is 6.27. The Morgan fingerprint density at radius 2 is 2.08 bits per heavy atom. The van der Waals surface area contributed by atoms with Crippen molar-refractivity contribution in [3.8, 4) is 5.88 Å². The topological polar surface area (TPSA) is 35.0 Å². The molecule has 0 radical (unpaired) electrons. The molecule has 1 heterocycles. The van der Waals surface area contributed by atoms with Gasteiger partial charge in [-0.2, -0.15) is 0 Å². The SMILES string of the molecule is CCOc1cnc(C(C)CC)cn1. The zero-order chi connectivity index (χ0) is 9.68. The van der Waals surface area contributed by atoms with E-state index in [2.05, 4.69) is 23.8 Å². The van der Waals surface area contributed by atoms with E-state index in [1.54, 1.807) is 12.4 Å². The predicted molar refractivity (Wildman–Crippen MR) is 51.9 cm³/mol. The quantitative estimate of drug-likeness (QED) is 0.713. The van der Waals surface area contributed by atoms with Crippen LogP contribution in [-0.2, 0) is 0 Å². The van der Waals surface area contributed by atoms with Crippen LogP contribution in [0.4, 0.5) is 0 Å². The molecule has 1 aromatic heterocycles. The lowest BCUT2D eigenvalue weighted by Crippen LogP contribution is -1.99. The first kappa shape index (κ1) is 9.96. The van der Waals surface area contributed by atoms with Gasteiger partial charge in [0, 0.05) is 0 Å². The van der Waals surface area contributed by atoms with E-state index in [1.165, 1.54) is 0 Å². The Hall–Kier alpha value is -1.12. The van der Waals surface area contributed by atoms with E-state index in [0.29, 0.717) is 18.4 Å². The molecule has 13 heavy (non-hydrogen) atoms. The molecule has 0 spiro atoms. The molecule has 0 fully saturated rings. The Kier molecular flexibility index (Phi) is 3.68. The predicted octanol–water partition coefficient (Wildman–Crippen LogP) is 2.39. The molecule has 72 valence electrons. The van der Waals surface area contributed by atoms with E-state index in [9.17, 15) is 0 Å². The molecule has 1 rings (SSSR count). The third kappa shape index (κ3) is 2.68. The zero-order valence-corrected chi connectivity index (χ0v) is 8.45. The second kappa shape index (κ2) is 4.80. The van der Waals surface area contributed by atoms with Gasteiger partial charge < -0.3 is 4.74 Å². The van der Waals surface area contributed by atoms with Crippen molar-refractivity contribution >= 4 is 0 Å². The summed E-state index contributed by atoms with van der Waals surface area (Å²) in [6, 6.07) is 0. The van der Waals surface area contributed by atoms with Gasteiger partial charge in [-0.1, -0.05) is 13.8 Å². The van der Waals surface area contributed by atoms with Gasteiger partial charge in [0.25, 0.3) is 0 Å². The van der Waals surface area contributed by atoms with Crippen molar-refractivity contribution in [1.29, 1.82) is 0 Å². The molecule has 1 aromatic rings. The molecule has 0 aliphatic rings. The lowest BCUT2D eigenvalue weighted by atomic mass is 10.1. The molecule has 3 heteroatoms. The minimum atomic E-state index is 0.475. The van der Waals surface area contributed by atoms with Crippen LogP contribution in [0.1, 0.15) is 38.8 Å². The molecular formula is C10H16N2O. The summed E-state index contributed by atoms with van der Waals surface area (Å²) >= 11 is 0. The fourth-order valence-electron chi connectivity index (χ4n) is 1.01. The third-order valence-electron chi connectivity index (χ3n) is 2.06. The number of hydrogen-bond acceptors (Lipinski definition) is 3. The fourth-order valence-corrected chi connectivity index (χ4v) is 1.01. The summed E-state index contributed by atoms with van der Waals surface area (Å²) in [5.74, 6) is 1.08. The summed E-state index contributed by atoms with van der Waals surface area (Å²) in [6.07, 6.45) is 4.56. The molecule has 0 saturated heterocycles. The first-order valence-corrected chi connectivity index (χ1v) is 4.72. The van der Waals surface area contributed by atoms with Gasteiger partial charge in [-0.3, -0.25) is 4.98 Å². The number of ether oxygens (including phenoxy) is 1. The maximum Gasteiger partial charge on any atom is 0.232 e. The smallest absolute Gasteiger partial charge is 0.232 e. The number of hydrogen-bond donors (Lipinski definition) is 0. The Labute approximate surface area is 79.2 Å². The van der Waals surface area contributed by atoms with E-state index in [1.807, 2.05) is 6.92 Å². The van der Waals surface area contributed by atoms with Crippen LogP contribution in [0, 0.1) is 0 Å². The van der Waals surface area contributed by atoms with Crippen LogP contribution in [0.25, 0.3) is 0 Å². The highest BCUT2D eigenvalue weighted by Gasteiger charge is 2.04. The largest absolute Gasteiger partial charge is 0.477 e. The molecule has 0 aromatic carbocycles. The van der Waals surface area contributed by atoms with Crippen LogP contribution < -0.4 is 4.74 Å². The van der Waals surface area contributed by atoms with Gasteiger partial charge in [0.15, 0.2) is 0 Å². The van der Waals surface area contributed by atoms with Crippen LogP contribution in [0.2, 0.25) is 0 Å². The average Bonchev–Trinajstić information content (AvgIpc) is 2.18. The first-order valence-electron chi connectivity index (χ1n) is 4.72. The minimum Gasteiger partial charge on any atom is -0.477 e. The molecule has 1 unspecified atom stereocenters. The third-order valence-corrected chi connectivity index (χ3v) is 2.06. The second-order valence-corrected chi connectivity index (χ2v) is 3.02. The van der Waals surface area contributed by atoms with Crippen molar-refractivity contribution in [1.82, 2.24) is 9.97 Å². The lowest BCUT2D eigenvalue weighted by molar-refractivity contribution is 0.324. The summed E-state index contributed by atoms with van der Waals surface area (Å²) in [4.78, 5) is 8.43. The van der Waals surface area contributed by atoms with Crippen LogP contribution in [0.3, 0.4) is 0 Å². The van der Waals surface area contributed by atoms with Crippen molar-refractivity contribution in [2.45, 2.75) is 33.1 Å². The summed E-state index contributed by atoms with van der Waals surface area (Å²) in [5.41, 5.74) is 1.03. The summed E-state index contributed by atoms with van der Waals surface area (Å²) in [7, 11) is 0. The van der Waals surface area contributed by atoms with Crippen LogP contribution in [-0.4, -0.2) is 16.6 Å². The van der Waals surface area contributed by atoms with Gasteiger partial charge in [-0.15, -0.1) is 0 Å². The lowest BCUT2D eigenvalue weighted by Gasteiger charge is -2.07. The van der Waals surface area contributed by atoms with Gasteiger partial charge in [-0.05, 0) is 19.3 Å². The monoisotopic (exact) mass is 180 g/mol. The van der Waals surface area contributed by atoms with E-state index < -0.39 is 0 Å². The Balaban J connectivity index is 2.69. The molecule has 0 N–H and O–H groups in total. The van der Waals surface area contributed by atoms with Crippen LogP contribution in [0.15, 0.2) is 12.4 Å². The molecule has 0 amide bonds. The summed E-state index contributed by atoms with van der Waals surface area (Å²) < 4.78 is 5.20. The maximum atomic E-state index is 5.20. The van der Waals surface area contributed by atoms with Crippen molar-refractivity contribution in [2.24, 2.45) is 0 Å². The number of rotatable bonds is 4. The van der Waals surface area contributed by atoms with Crippen molar-refractivity contribution in [3.05, 3.63) is 18.1 Å². The molecular weight excluding hydrogens is 164 g/mol. The Morgan fingerprint density at radius 1 is 1.31 bits per heavy atom. The highest BCUT2D eigenvalue weighted by atomic mass is 16.5. The number of nitrogens with zero attached hydrogens (tertiary/aromatic N) is 2. The summed E-state index contributed by atoms with van der Waals surface area (Å²) in [6.45, 7) is 6.86. The molecule has 0 aliphatic heterocycles. The van der Waals surface area contributed by atoms with Gasteiger partial charge in [0.05, 0.1) is 24.7 Å². The molecule has 0 bridgehead atoms. The Morgan fingerprint density at radius 3 is 2.54 bits per heavy atom. The molecule has 3 nitrogen and oxygen atoms in total. The van der Waals surface area contributed by atoms with Crippen LogP contribution >= 0.6 is 0 Å². The van der Waals surface area contributed by atoms with E-state index >= 15 is 0 Å². The highest BCUT2D eigenvalue weighted by molar-refractivity contribution is 5.09. The standard InChI is InChI=1S/C10H16N2O/c1-4-8(3)9-6-12-10(7-11-9)13-5-2/h6-8H,4-5H2,1-3H3. The van der Waals surface area contributed by atoms with Crippen LogP contribution in [0.5, 0.6) is 5.88 Å². The highest BCUT2D eigenvalue weighted by Crippen LogP contribution is 2.16. The van der Waals surface area contributed by atoms with Gasteiger partial charge in [0.1, 0.15) is 0 Å². The van der Waals surface area contributed by atoms with Gasteiger partial charge >= 0.3 is 0 Å². The Bertz CT molecular complexity index is 246. The minimum absolute atomic E-state index is 0.475. The molecule has 1 atom stereocenters. The fraction of sp³-hybridized carbons (Fsp3) is 0.600. The van der Waals surface area contributed by atoms with Gasteiger partial charge in [-0.25, -0.2) is 4.98 Å². The van der Waals surface area contributed by atoms with E-state index in [-0.39, 0.29) is 0 Å². The average molecular weight is 180 g/mol. The second-order valence-electron chi connectivity index (χ2n) is 3.02. The molecule has 0 aliphatic carbocycles. The van der Waals surface area contributed by atoms with Crippen molar-refractivity contribution in [3.63, 3.8) is 0 Å². The van der Waals surface area contributed by atoms with Crippen molar-refractivity contribution in [2.75, 3.05) is 6.61 Å². The van der Waals surface area contributed by atoms with E-state index in [4.69, 9.17) is 4.74 Å². The van der Waals surface area contributed by atoms with Crippen molar-refractivity contribution < 1.29 is 4.74 Å². The van der Waals surface area contributed by atoms with E-state index in [0.717, 1.165) is 12.1 Å². The zero-order valence-electron chi connectivity index (χ0n) is 8.45. The summed E-state index contributed by atoms with van der Waals surface area (Å²) in [5, 5.41) is 0.